The van der Waals surface area contributed by atoms with Crippen LogP contribution in [0.15, 0.2) is 157 Å². The van der Waals surface area contributed by atoms with E-state index >= 15 is 0 Å². The summed E-state index contributed by atoms with van der Waals surface area (Å²) >= 11 is 0. The normalized spacial score (nSPS) is 12.6. The molecular weight excluding hydrogens is 592 g/mol. The minimum Gasteiger partial charge on any atom is -0.369 e. The number of aliphatic hydroxyl groups excluding tert-OH is 1. The van der Waals surface area contributed by atoms with Crippen LogP contribution in [0, 0.1) is 13.8 Å². The van der Waals surface area contributed by atoms with Crippen molar-refractivity contribution in [1.29, 1.82) is 0 Å². The molecule has 7 nitrogen and oxygen atoms in total. The van der Waals surface area contributed by atoms with Crippen LogP contribution in [0.5, 0.6) is 0 Å². The minimum atomic E-state index is -0.983. The molecule has 7 rings (SSSR count). The Bertz CT molecular complexity index is 2120. The Morgan fingerprint density at radius 2 is 1.04 bits per heavy atom. The fourth-order valence-corrected chi connectivity index (χ4v) is 6.16. The molecule has 0 amide bonds. The molecule has 0 bridgehead atoms. The van der Waals surface area contributed by atoms with Gasteiger partial charge < -0.3 is 10.4 Å². The van der Waals surface area contributed by atoms with Crippen LogP contribution in [0.25, 0.3) is 11.4 Å². The smallest absolute Gasteiger partial charge is 0.160 e. The first kappa shape index (κ1) is 30.6. The molecular formula is C41H36N6O. The van der Waals surface area contributed by atoms with E-state index in [2.05, 4.69) is 29.6 Å². The number of hydrogen-bond acceptors (Lipinski definition) is 5. The maximum absolute atomic E-state index is 11.6. The first-order chi connectivity index (χ1) is 23.6. The van der Waals surface area contributed by atoms with Crippen LogP contribution in [-0.2, 0) is 0 Å². The Morgan fingerprint density at radius 3 is 1.62 bits per heavy atom. The van der Waals surface area contributed by atoms with Gasteiger partial charge in [-0.05, 0) is 49.2 Å². The molecule has 48 heavy (non-hydrogen) atoms. The lowest BCUT2D eigenvalue weighted by Gasteiger charge is -2.23. The number of aromatic nitrogens is 4. The molecule has 0 saturated heterocycles. The van der Waals surface area contributed by atoms with E-state index in [1.165, 1.54) is 0 Å². The van der Waals surface area contributed by atoms with Crippen LogP contribution in [0.4, 0.5) is 11.6 Å². The summed E-state index contributed by atoms with van der Waals surface area (Å²) in [5.41, 5.74) is 8.11. The van der Waals surface area contributed by atoms with Crippen LogP contribution in [-0.4, -0.2) is 30.9 Å². The number of aliphatic hydroxyl groups is 1. The van der Waals surface area contributed by atoms with Gasteiger partial charge in [0.1, 0.15) is 5.82 Å². The molecule has 7 heteroatoms. The van der Waals surface area contributed by atoms with Gasteiger partial charge in [-0.15, -0.1) is 0 Å². The highest BCUT2D eigenvalue weighted by Gasteiger charge is 2.33. The zero-order valence-corrected chi connectivity index (χ0v) is 26.8. The van der Waals surface area contributed by atoms with Gasteiger partial charge in [0.15, 0.2) is 12.0 Å². The van der Waals surface area contributed by atoms with E-state index in [-0.39, 0.29) is 5.92 Å². The molecule has 0 aliphatic carbocycles. The maximum Gasteiger partial charge on any atom is 0.160 e. The van der Waals surface area contributed by atoms with Crippen LogP contribution in [0.3, 0.4) is 0 Å². The second kappa shape index (κ2) is 13.7. The molecule has 0 saturated carbocycles. The predicted octanol–water partition coefficient (Wildman–Crippen LogP) is 8.71. The fraction of sp³-hybridized carbons (Fsp3) is 0.0976. The average molecular weight is 629 g/mol. The Kier molecular flexibility index (Phi) is 8.76. The van der Waals surface area contributed by atoms with Crippen molar-refractivity contribution in [1.82, 2.24) is 19.6 Å². The van der Waals surface area contributed by atoms with Gasteiger partial charge in [0.25, 0.3) is 0 Å². The largest absolute Gasteiger partial charge is 0.369 e. The van der Waals surface area contributed by atoms with E-state index in [0.717, 1.165) is 56.4 Å². The van der Waals surface area contributed by atoms with Gasteiger partial charge in [-0.3, -0.25) is 0 Å². The molecule has 0 radical (unpaired) electrons. The van der Waals surface area contributed by atoms with E-state index in [9.17, 15) is 5.11 Å². The lowest BCUT2D eigenvalue weighted by molar-refractivity contribution is 0.207. The molecule has 0 fully saturated rings. The van der Waals surface area contributed by atoms with Crippen molar-refractivity contribution in [2.75, 3.05) is 5.32 Å². The summed E-state index contributed by atoms with van der Waals surface area (Å²) < 4.78 is 3.81. The van der Waals surface area contributed by atoms with E-state index in [1.807, 2.05) is 157 Å². The number of hydrogen-bond donors (Lipinski definition) is 2. The topological polar surface area (TPSA) is 80.3 Å². The Morgan fingerprint density at radius 1 is 0.583 bits per heavy atom. The van der Waals surface area contributed by atoms with Crippen LogP contribution in [0.1, 0.15) is 51.4 Å². The quantitative estimate of drug-likeness (QED) is 0.117. The summed E-state index contributed by atoms with van der Waals surface area (Å²) in [5.74, 6) is 1.07. The second-order valence-electron chi connectivity index (χ2n) is 11.6. The monoisotopic (exact) mass is 628 g/mol. The molecule has 0 unspecified atom stereocenters. The Balaban J connectivity index is 1.49. The summed E-state index contributed by atoms with van der Waals surface area (Å²) in [6.07, 6.45) is 0.906. The Labute approximate surface area is 280 Å². The molecule has 2 atom stereocenters. The zero-order chi connectivity index (χ0) is 32.9. The number of nitrogens with one attached hydrogen (secondary N) is 1. The third-order valence-electron chi connectivity index (χ3n) is 8.42. The number of aryl methyl sites for hydroxylation is 2. The van der Waals surface area contributed by atoms with Crippen molar-refractivity contribution < 1.29 is 5.11 Å². The zero-order valence-electron chi connectivity index (χ0n) is 26.8. The average Bonchev–Trinajstić information content (AvgIpc) is 3.65. The van der Waals surface area contributed by atoms with Crippen LogP contribution >= 0.6 is 0 Å². The van der Waals surface area contributed by atoms with Crippen molar-refractivity contribution in [3.8, 4) is 11.4 Å². The van der Waals surface area contributed by atoms with Crippen molar-refractivity contribution in [2.24, 2.45) is 4.99 Å². The van der Waals surface area contributed by atoms with Gasteiger partial charge in [0.05, 0.1) is 22.8 Å². The second-order valence-corrected chi connectivity index (χ2v) is 11.6. The molecule has 0 aliphatic heterocycles. The highest BCUT2D eigenvalue weighted by molar-refractivity contribution is 5.82. The molecule has 0 aliphatic rings. The summed E-state index contributed by atoms with van der Waals surface area (Å²) in [6, 6.07) is 50.2. The van der Waals surface area contributed by atoms with Gasteiger partial charge in [-0.25, -0.2) is 14.4 Å². The van der Waals surface area contributed by atoms with Gasteiger partial charge in [-0.1, -0.05) is 127 Å². The lowest BCUT2D eigenvalue weighted by atomic mass is 9.84. The molecule has 236 valence electrons. The third kappa shape index (κ3) is 6.19. The SMILES string of the molecule is Cc1nn(-c2ccccc2)c(N=Cc2ccccc2)c1[C@@H](c1ccccc1)c1c(C)nn(-c2ccccc2)c1N[C@@H](O)c1ccccc1. The van der Waals surface area contributed by atoms with E-state index < -0.39 is 6.23 Å². The molecule has 2 aromatic heterocycles. The predicted molar refractivity (Wildman–Crippen MR) is 193 cm³/mol. The number of rotatable bonds is 10. The Hall–Kier alpha value is -6.05. The number of nitrogens with zero attached hydrogens (tertiary/aromatic N) is 5. The van der Waals surface area contributed by atoms with Gasteiger partial charge >= 0.3 is 0 Å². The maximum atomic E-state index is 11.6. The standard InChI is InChI=1S/C41H36N6O/c1-29-36(39(42-28-31-18-8-3-9-19-31)46(44-29)34-24-14-6-15-25-34)38(32-20-10-4-11-21-32)37-30(2)45-47(35-26-16-7-17-27-35)40(37)43-41(48)33-22-12-5-13-23-33/h3-28,38,41,43,48H,1-2H3/t38-,41+/m1/s1. The minimum absolute atomic E-state index is 0.338. The van der Waals surface area contributed by atoms with E-state index in [4.69, 9.17) is 15.2 Å². The number of para-hydroxylation sites is 2. The highest BCUT2D eigenvalue weighted by Crippen LogP contribution is 2.45. The first-order valence-electron chi connectivity index (χ1n) is 16.0. The van der Waals surface area contributed by atoms with Crippen molar-refractivity contribution in [3.05, 3.63) is 191 Å². The van der Waals surface area contributed by atoms with Gasteiger partial charge in [-0.2, -0.15) is 10.2 Å². The molecule has 7 aromatic rings. The first-order valence-corrected chi connectivity index (χ1v) is 16.0. The molecule has 2 N–H and O–H groups in total. The number of aliphatic imine (C=N–C) groups is 1. The number of anilines is 1. The van der Waals surface area contributed by atoms with Crippen molar-refractivity contribution in [3.63, 3.8) is 0 Å². The lowest BCUT2D eigenvalue weighted by Crippen LogP contribution is -2.16. The fourth-order valence-electron chi connectivity index (χ4n) is 6.16. The van der Waals surface area contributed by atoms with E-state index in [0.29, 0.717) is 5.82 Å². The highest BCUT2D eigenvalue weighted by atomic mass is 16.3. The summed E-state index contributed by atoms with van der Waals surface area (Å²) in [7, 11) is 0. The number of benzene rings is 5. The summed E-state index contributed by atoms with van der Waals surface area (Å²) in [6.45, 7) is 4.06. The van der Waals surface area contributed by atoms with Crippen LogP contribution in [0.2, 0.25) is 0 Å². The molecule has 0 spiro atoms. The van der Waals surface area contributed by atoms with Crippen molar-refractivity contribution in [2.45, 2.75) is 26.0 Å². The third-order valence-corrected chi connectivity index (χ3v) is 8.42. The van der Waals surface area contributed by atoms with E-state index in [1.54, 1.807) is 0 Å². The summed E-state index contributed by atoms with van der Waals surface area (Å²) in [4.78, 5) is 5.16. The van der Waals surface area contributed by atoms with Gasteiger partial charge in [0.2, 0.25) is 0 Å². The molecule has 5 aromatic carbocycles. The van der Waals surface area contributed by atoms with Crippen LogP contribution < -0.4 is 5.32 Å². The summed E-state index contributed by atoms with van der Waals surface area (Å²) in [5, 5.41) is 25.2. The van der Waals surface area contributed by atoms with Gasteiger partial charge in [0, 0.05) is 28.8 Å². The van der Waals surface area contributed by atoms with Crippen molar-refractivity contribution >= 4 is 17.9 Å². The molecule has 2 heterocycles.